The molecule has 0 unspecified atom stereocenters. The highest BCUT2D eigenvalue weighted by atomic mass is 16.5. The van der Waals surface area contributed by atoms with Gasteiger partial charge in [-0.2, -0.15) is 0 Å². The Morgan fingerprint density at radius 3 is 3.23 bits per heavy atom. The molecule has 1 aliphatic rings. The third kappa shape index (κ3) is 2.09. The summed E-state index contributed by atoms with van der Waals surface area (Å²) in [7, 11) is 0. The second-order valence-electron chi connectivity index (χ2n) is 3.16. The van der Waals surface area contributed by atoms with Crippen LogP contribution in [-0.4, -0.2) is 24.2 Å². The van der Waals surface area contributed by atoms with Crippen molar-refractivity contribution in [2.45, 2.75) is 12.5 Å². The molecular formula is C9H13N3O. The monoisotopic (exact) mass is 179 g/mol. The first kappa shape index (κ1) is 8.31. The Morgan fingerprint density at radius 1 is 1.62 bits per heavy atom. The Hall–Kier alpha value is -1.29. The van der Waals surface area contributed by atoms with E-state index in [2.05, 4.69) is 10.3 Å². The lowest BCUT2D eigenvalue weighted by atomic mass is 10.3. The summed E-state index contributed by atoms with van der Waals surface area (Å²) in [6, 6.07) is 3.50. The van der Waals surface area contributed by atoms with Gasteiger partial charge in [-0.1, -0.05) is 0 Å². The van der Waals surface area contributed by atoms with Gasteiger partial charge in [0, 0.05) is 24.5 Å². The van der Waals surface area contributed by atoms with Crippen LogP contribution >= 0.6 is 0 Å². The number of nitrogens with zero attached hydrogens (tertiary/aromatic N) is 1. The lowest BCUT2D eigenvalue weighted by Gasteiger charge is -2.10. The van der Waals surface area contributed by atoms with Gasteiger partial charge >= 0.3 is 0 Å². The molecule has 2 rings (SSSR count). The first-order valence-corrected chi connectivity index (χ1v) is 4.43. The molecule has 70 valence electrons. The van der Waals surface area contributed by atoms with Crippen LogP contribution in [0.3, 0.4) is 0 Å². The smallest absolute Gasteiger partial charge is 0.215 e. The van der Waals surface area contributed by atoms with Crippen LogP contribution in [0, 0.1) is 0 Å². The van der Waals surface area contributed by atoms with Crippen molar-refractivity contribution in [1.82, 2.24) is 10.3 Å². The zero-order valence-corrected chi connectivity index (χ0v) is 7.36. The molecule has 1 aliphatic heterocycles. The molecule has 1 fully saturated rings. The van der Waals surface area contributed by atoms with E-state index in [1.165, 1.54) is 0 Å². The number of nitrogens with one attached hydrogen (secondary N) is 1. The maximum absolute atomic E-state index is 5.60. The van der Waals surface area contributed by atoms with Gasteiger partial charge in [0.2, 0.25) is 5.88 Å². The average Bonchev–Trinajstić information content (AvgIpc) is 2.57. The SMILES string of the molecule is Nc1ccnc(O[C@H]2CCNC2)c1. The second-order valence-corrected chi connectivity index (χ2v) is 3.16. The second kappa shape index (κ2) is 3.62. The van der Waals surface area contributed by atoms with Crippen molar-refractivity contribution in [2.24, 2.45) is 0 Å². The van der Waals surface area contributed by atoms with Crippen LogP contribution in [-0.2, 0) is 0 Å². The highest BCUT2D eigenvalue weighted by Crippen LogP contribution is 2.14. The van der Waals surface area contributed by atoms with Gasteiger partial charge in [0.05, 0.1) is 0 Å². The van der Waals surface area contributed by atoms with Gasteiger partial charge in [-0.15, -0.1) is 0 Å². The largest absolute Gasteiger partial charge is 0.473 e. The van der Waals surface area contributed by atoms with E-state index < -0.39 is 0 Å². The third-order valence-corrected chi connectivity index (χ3v) is 2.06. The van der Waals surface area contributed by atoms with Crippen LogP contribution in [0.25, 0.3) is 0 Å². The standard InChI is InChI=1S/C9H13N3O/c10-7-1-4-12-9(5-7)13-8-2-3-11-6-8/h1,4-5,8,11H,2-3,6H2,(H2,10,12)/t8-/m0/s1. The molecule has 1 saturated heterocycles. The molecule has 2 heterocycles. The lowest BCUT2D eigenvalue weighted by Crippen LogP contribution is -2.20. The van der Waals surface area contributed by atoms with Crippen molar-refractivity contribution in [3.63, 3.8) is 0 Å². The van der Waals surface area contributed by atoms with Gasteiger partial charge in [0.15, 0.2) is 0 Å². The molecule has 0 saturated carbocycles. The van der Waals surface area contributed by atoms with E-state index in [-0.39, 0.29) is 6.10 Å². The van der Waals surface area contributed by atoms with Gasteiger partial charge in [-0.05, 0) is 19.0 Å². The Labute approximate surface area is 77.1 Å². The van der Waals surface area contributed by atoms with Gasteiger partial charge < -0.3 is 15.8 Å². The fourth-order valence-corrected chi connectivity index (χ4v) is 1.39. The summed E-state index contributed by atoms with van der Waals surface area (Å²) in [6.07, 6.45) is 2.94. The minimum absolute atomic E-state index is 0.245. The van der Waals surface area contributed by atoms with Crippen LogP contribution in [0.2, 0.25) is 0 Å². The van der Waals surface area contributed by atoms with Gasteiger partial charge in [0.25, 0.3) is 0 Å². The number of hydrogen-bond acceptors (Lipinski definition) is 4. The van der Waals surface area contributed by atoms with Gasteiger partial charge in [-0.25, -0.2) is 4.98 Å². The Morgan fingerprint density at radius 2 is 2.54 bits per heavy atom. The van der Waals surface area contributed by atoms with E-state index >= 15 is 0 Å². The van der Waals surface area contributed by atoms with E-state index in [1.54, 1.807) is 18.3 Å². The molecule has 4 nitrogen and oxygen atoms in total. The molecule has 1 atom stereocenters. The van der Waals surface area contributed by atoms with Crippen molar-refractivity contribution in [1.29, 1.82) is 0 Å². The summed E-state index contributed by atoms with van der Waals surface area (Å²) in [5.74, 6) is 0.619. The molecule has 1 aromatic rings. The molecule has 13 heavy (non-hydrogen) atoms. The normalized spacial score (nSPS) is 21.7. The Kier molecular flexibility index (Phi) is 2.31. The zero-order valence-electron chi connectivity index (χ0n) is 7.36. The molecule has 1 aromatic heterocycles. The van der Waals surface area contributed by atoms with Crippen LogP contribution in [0.5, 0.6) is 5.88 Å². The molecule has 0 spiro atoms. The van der Waals surface area contributed by atoms with E-state index in [1.807, 2.05) is 0 Å². The summed E-state index contributed by atoms with van der Waals surface area (Å²) in [5.41, 5.74) is 6.29. The first-order chi connectivity index (χ1) is 6.34. The van der Waals surface area contributed by atoms with E-state index in [0.717, 1.165) is 19.5 Å². The third-order valence-electron chi connectivity index (χ3n) is 2.06. The highest BCUT2D eigenvalue weighted by molar-refractivity contribution is 5.39. The van der Waals surface area contributed by atoms with Crippen molar-refractivity contribution < 1.29 is 4.74 Å². The van der Waals surface area contributed by atoms with E-state index in [0.29, 0.717) is 11.6 Å². The quantitative estimate of drug-likeness (QED) is 0.690. The zero-order chi connectivity index (χ0) is 9.10. The predicted molar refractivity (Wildman–Crippen MR) is 50.6 cm³/mol. The van der Waals surface area contributed by atoms with Gasteiger partial charge in [-0.3, -0.25) is 0 Å². The molecule has 0 amide bonds. The number of nitrogen functional groups attached to an aromatic ring is 1. The maximum atomic E-state index is 5.60. The van der Waals surface area contributed by atoms with Crippen LogP contribution in [0.4, 0.5) is 5.69 Å². The first-order valence-electron chi connectivity index (χ1n) is 4.43. The summed E-state index contributed by atoms with van der Waals surface area (Å²) in [6.45, 7) is 1.92. The van der Waals surface area contributed by atoms with Crippen LogP contribution < -0.4 is 15.8 Å². The van der Waals surface area contributed by atoms with Crippen molar-refractivity contribution in [2.75, 3.05) is 18.8 Å². The summed E-state index contributed by atoms with van der Waals surface area (Å²) >= 11 is 0. The van der Waals surface area contributed by atoms with Crippen molar-refractivity contribution in [3.8, 4) is 5.88 Å². The lowest BCUT2D eigenvalue weighted by molar-refractivity contribution is 0.214. The number of hydrogen-bond donors (Lipinski definition) is 2. The predicted octanol–water partition coefficient (Wildman–Crippen LogP) is 0.404. The molecule has 0 aromatic carbocycles. The van der Waals surface area contributed by atoms with Gasteiger partial charge in [0.1, 0.15) is 6.10 Å². The van der Waals surface area contributed by atoms with Crippen LogP contribution in [0.15, 0.2) is 18.3 Å². The molecule has 0 radical (unpaired) electrons. The van der Waals surface area contributed by atoms with E-state index in [9.17, 15) is 0 Å². The average molecular weight is 179 g/mol. The number of nitrogens with two attached hydrogens (primary N) is 1. The van der Waals surface area contributed by atoms with Crippen LogP contribution in [0.1, 0.15) is 6.42 Å². The Bertz CT molecular complexity index is 284. The fourth-order valence-electron chi connectivity index (χ4n) is 1.39. The number of pyridine rings is 1. The number of ether oxygens (including phenoxy) is 1. The van der Waals surface area contributed by atoms with Crippen molar-refractivity contribution >= 4 is 5.69 Å². The summed E-state index contributed by atoms with van der Waals surface area (Å²) in [5, 5.41) is 3.22. The maximum Gasteiger partial charge on any atom is 0.215 e. The molecule has 4 heteroatoms. The summed E-state index contributed by atoms with van der Waals surface area (Å²) < 4.78 is 5.60. The van der Waals surface area contributed by atoms with Crippen molar-refractivity contribution in [3.05, 3.63) is 18.3 Å². The molecule has 0 bridgehead atoms. The van der Waals surface area contributed by atoms with E-state index in [4.69, 9.17) is 10.5 Å². The molecule has 0 aliphatic carbocycles. The minimum Gasteiger partial charge on any atom is -0.473 e. The molecular weight excluding hydrogens is 166 g/mol. The topological polar surface area (TPSA) is 60.2 Å². The number of anilines is 1. The summed E-state index contributed by atoms with van der Waals surface area (Å²) in [4.78, 5) is 4.07. The highest BCUT2D eigenvalue weighted by Gasteiger charge is 2.16. The minimum atomic E-state index is 0.245. The number of aromatic nitrogens is 1. The fraction of sp³-hybridized carbons (Fsp3) is 0.444. The molecule has 3 N–H and O–H groups in total. The number of rotatable bonds is 2. The Balaban J connectivity index is 2.00.